The van der Waals surface area contributed by atoms with Gasteiger partial charge in [0.25, 0.3) is 0 Å². The summed E-state index contributed by atoms with van der Waals surface area (Å²) in [5.74, 6) is 0. The molecule has 0 amide bonds. The van der Waals surface area contributed by atoms with Crippen LogP contribution in [0.1, 0.15) is 17.4 Å². The number of epoxide rings is 1. The number of ether oxygens (including phenoxy) is 1. The van der Waals surface area contributed by atoms with E-state index in [2.05, 4.69) is 0 Å². The minimum atomic E-state index is 0.145. The zero-order valence-corrected chi connectivity index (χ0v) is 6.31. The van der Waals surface area contributed by atoms with Crippen LogP contribution in [0.15, 0.2) is 24.4 Å². The Hall–Kier alpha value is -1.35. The molecule has 2 aliphatic rings. The van der Waals surface area contributed by atoms with Crippen LogP contribution in [-0.2, 0) is 4.74 Å². The van der Waals surface area contributed by atoms with Gasteiger partial charge in [0.05, 0.1) is 5.56 Å². The molecule has 0 aromatic carbocycles. The van der Waals surface area contributed by atoms with E-state index in [0.717, 1.165) is 16.0 Å². The Morgan fingerprint density at radius 2 is 2.42 bits per heavy atom. The molecule has 2 atom stereocenters. The van der Waals surface area contributed by atoms with Gasteiger partial charge in [0.2, 0.25) is 5.69 Å². The third-order valence-corrected chi connectivity index (χ3v) is 2.31. The summed E-state index contributed by atoms with van der Waals surface area (Å²) in [7, 11) is 0. The van der Waals surface area contributed by atoms with Gasteiger partial charge in [-0.1, -0.05) is 0 Å². The van der Waals surface area contributed by atoms with E-state index in [-0.39, 0.29) is 12.2 Å². The van der Waals surface area contributed by atoms with E-state index in [1.165, 1.54) is 6.20 Å². The van der Waals surface area contributed by atoms with Crippen LogP contribution < -0.4 is 4.73 Å². The fraction of sp³-hybridized carbons (Fsp3) is 0.222. The molecular formula is C9H7NO2. The fourth-order valence-electron chi connectivity index (χ4n) is 1.63. The summed E-state index contributed by atoms with van der Waals surface area (Å²) in [6.45, 7) is 0. The second kappa shape index (κ2) is 1.87. The quantitative estimate of drug-likeness (QED) is 0.320. The molecular weight excluding hydrogens is 154 g/mol. The van der Waals surface area contributed by atoms with Crippen molar-refractivity contribution in [3.63, 3.8) is 0 Å². The molecule has 1 aromatic heterocycles. The first-order valence-corrected chi connectivity index (χ1v) is 3.92. The van der Waals surface area contributed by atoms with Crippen LogP contribution in [0.5, 0.6) is 0 Å². The van der Waals surface area contributed by atoms with Crippen molar-refractivity contribution in [2.45, 2.75) is 12.2 Å². The second-order valence-corrected chi connectivity index (χ2v) is 3.05. The topological polar surface area (TPSA) is 39.5 Å². The van der Waals surface area contributed by atoms with Crippen LogP contribution in [0.4, 0.5) is 0 Å². The van der Waals surface area contributed by atoms with E-state index in [1.807, 2.05) is 18.2 Å². The molecule has 1 aliphatic carbocycles. The smallest absolute Gasteiger partial charge is 0.222 e. The van der Waals surface area contributed by atoms with Crippen molar-refractivity contribution in [2.24, 2.45) is 0 Å². The molecule has 12 heavy (non-hydrogen) atoms. The third kappa shape index (κ3) is 0.662. The van der Waals surface area contributed by atoms with Gasteiger partial charge in [-0.3, -0.25) is 0 Å². The van der Waals surface area contributed by atoms with Gasteiger partial charge in [-0.05, 0) is 12.1 Å². The van der Waals surface area contributed by atoms with Gasteiger partial charge in [0.1, 0.15) is 12.2 Å². The number of nitrogens with zero attached hydrogens (tertiary/aromatic N) is 1. The van der Waals surface area contributed by atoms with Crippen molar-refractivity contribution < 1.29 is 9.47 Å². The van der Waals surface area contributed by atoms with Gasteiger partial charge in [-0.2, -0.15) is 4.73 Å². The second-order valence-electron chi connectivity index (χ2n) is 3.05. The molecule has 0 N–H and O–H groups in total. The average Bonchev–Trinajstić information content (AvgIpc) is 2.83. The molecule has 0 bridgehead atoms. The molecule has 0 radical (unpaired) electrons. The highest BCUT2D eigenvalue weighted by molar-refractivity contribution is 5.54. The van der Waals surface area contributed by atoms with Gasteiger partial charge in [0, 0.05) is 12.1 Å². The molecule has 0 saturated carbocycles. The van der Waals surface area contributed by atoms with Gasteiger partial charge in [0.15, 0.2) is 6.20 Å². The lowest BCUT2D eigenvalue weighted by Crippen LogP contribution is -2.31. The Morgan fingerprint density at radius 1 is 1.50 bits per heavy atom. The minimum Gasteiger partial charge on any atom is -0.618 e. The van der Waals surface area contributed by atoms with Crippen molar-refractivity contribution in [1.29, 1.82) is 0 Å². The number of hydrogen-bond acceptors (Lipinski definition) is 2. The largest absolute Gasteiger partial charge is 0.618 e. The first-order valence-electron chi connectivity index (χ1n) is 3.92. The molecule has 3 nitrogen and oxygen atoms in total. The van der Waals surface area contributed by atoms with E-state index >= 15 is 0 Å². The van der Waals surface area contributed by atoms with Crippen LogP contribution in [0, 0.1) is 5.21 Å². The Kier molecular flexibility index (Phi) is 0.966. The lowest BCUT2D eigenvalue weighted by molar-refractivity contribution is -0.608. The van der Waals surface area contributed by atoms with Gasteiger partial charge in [-0.25, -0.2) is 0 Å². The van der Waals surface area contributed by atoms with Gasteiger partial charge in [-0.15, -0.1) is 0 Å². The first kappa shape index (κ1) is 6.20. The molecule has 1 saturated heterocycles. The SMILES string of the molecule is [O-][n+]1cccc2c1C=C[C@H]1O[C@H]21. The maximum atomic E-state index is 11.2. The Balaban J connectivity index is 2.26. The summed E-state index contributed by atoms with van der Waals surface area (Å²) in [6.07, 6.45) is 5.63. The zero-order valence-electron chi connectivity index (χ0n) is 6.31. The predicted molar refractivity (Wildman–Crippen MR) is 42.1 cm³/mol. The Morgan fingerprint density at radius 3 is 3.33 bits per heavy atom. The highest BCUT2D eigenvalue weighted by Gasteiger charge is 2.43. The highest BCUT2D eigenvalue weighted by Crippen LogP contribution is 2.43. The predicted octanol–water partition coefficient (Wildman–Crippen LogP) is 0.787. The molecule has 2 heterocycles. The molecule has 0 spiro atoms. The maximum Gasteiger partial charge on any atom is 0.222 e. The van der Waals surface area contributed by atoms with E-state index < -0.39 is 0 Å². The van der Waals surface area contributed by atoms with Crippen molar-refractivity contribution in [3.05, 3.63) is 40.9 Å². The maximum absolute atomic E-state index is 11.2. The van der Waals surface area contributed by atoms with Gasteiger partial charge >= 0.3 is 0 Å². The lowest BCUT2D eigenvalue weighted by atomic mass is 10.0. The summed E-state index contributed by atoms with van der Waals surface area (Å²) in [5.41, 5.74) is 1.73. The Labute approximate surface area is 69.5 Å². The molecule has 1 aromatic rings. The molecule has 60 valence electrons. The standard InChI is InChI=1S/C9H7NO2/c11-10-5-1-2-6-7(10)3-4-8-9(6)12-8/h1-5,8-9H/t8-,9-/m1/s1. The summed E-state index contributed by atoms with van der Waals surface area (Å²) in [6, 6.07) is 3.70. The number of hydrogen-bond donors (Lipinski definition) is 0. The number of pyridine rings is 1. The minimum absolute atomic E-state index is 0.145. The van der Waals surface area contributed by atoms with Crippen LogP contribution in [0.2, 0.25) is 0 Å². The van der Waals surface area contributed by atoms with Crippen LogP contribution >= 0.6 is 0 Å². The molecule has 1 aliphatic heterocycles. The van der Waals surface area contributed by atoms with Crippen LogP contribution in [0.3, 0.4) is 0 Å². The van der Waals surface area contributed by atoms with E-state index in [0.29, 0.717) is 0 Å². The van der Waals surface area contributed by atoms with Gasteiger partial charge < -0.3 is 9.94 Å². The normalized spacial score (nSPS) is 29.3. The zero-order chi connectivity index (χ0) is 8.13. The van der Waals surface area contributed by atoms with Crippen LogP contribution in [0.25, 0.3) is 6.08 Å². The van der Waals surface area contributed by atoms with E-state index in [9.17, 15) is 5.21 Å². The number of rotatable bonds is 0. The Bertz CT molecular complexity index is 373. The monoisotopic (exact) mass is 161 g/mol. The van der Waals surface area contributed by atoms with Crippen LogP contribution in [-0.4, -0.2) is 6.10 Å². The number of aromatic nitrogens is 1. The average molecular weight is 161 g/mol. The van der Waals surface area contributed by atoms with Crippen molar-refractivity contribution in [2.75, 3.05) is 0 Å². The lowest BCUT2D eigenvalue weighted by Gasteiger charge is -2.06. The first-order chi connectivity index (χ1) is 5.86. The fourth-order valence-corrected chi connectivity index (χ4v) is 1.63. The summed E-state index contributed by atoms with van der Waals surface area (Å²) < 4.78 is 6.20. The molecule has 3 rings (SSSR count). The van der Waals surface area contributed by atoms with E-state index in [1.54, 1.807) is 6.07 Å². The van der Waals surface area contributed by atoms with Crippen molar-refractivity contribution in [1.82, 2.24) is 0 Å². The molecule has 1 fully saturated rings. The highest BCUT2D eigenvalue weighted by atomic mass is 16.6. The summed E-state index contributed by atoms with van der Waals surface area (Å²) >= 11 is 0. The third-order valence-electron chi connectivity index (χ3n) is 2.31. The van der Waals surface area contributed by atoms with E-state index in [4.69, 9.17) is 4.74 Å². The summed E-state index contributed by atoms with van der Waals surface area (Å²) in [5, 5.41) is 11.2. The summed E-state index contributed by atoms with van der Waals surface area (Å²) in [4.78, 5) is 0. The number of fused-ring (bicyclic) bond motifs is 3. The van der Waals surface area contributed by atoms with Crippen molar-refractivity contribution >= 4 is 6.08 Å². The molecule has 3 heteroatoms. The van der Waals surface area contributed by atoms with Crippen molar-refractivity contribution in [3.8, 4) is 0 Å². The molecule has 0 unspecified atom stereocenters.